The maximum Gasteiger partial charge on any atom is 0.0666 e. The summed E-state index contributed by atoms with van der Waals surface area (Å²) >= 11 is 2.00. The van der Waals surface area contributed by atoms with Gasteiger partial charge >= 0.3 is 0 Å². The second-order valence-electron chi connectivity index (χ2n) is 3.56. The number of hydrogen-bond donors (Lipinski definition) is 1. The molecule has 3 unspecified atom stereocenters. The quantitative estimate of drug-likeness (QED) is 0.722. The van der Waals surface area contributed by atoms with Crippen molar-refractivity contribution in [3.8, 4) is 6.07 Å². The van der Waals surface area contributed by atoms with Gasteiger partial charge in [-0.25, -0.2) is 0 Å². The van der Waals surface area contributed by atoms with Crippen molar-refractivity contribution in [2.24, 2.45) is 11.8 Å². The van der Waals surface area contributed by atoms with E-state index in [4.69, 9.17) is 5.26 Å². The van der Waals surface area contributed by atoms with Crippen molar-refractivity contribution in [2.45, 2.75) is 19.9 Å². The second-order valence-corrected chi connectivity index (χ2v) is 4.63. The fraction of sp³-hybridized carbons (Fsp3) is 0.889. The zero-order valence-corrected chi connectivity index (χ0v) is 8.53. The molecule has 0 aromatic carbocycles. The third-order valence-corrected chi connectivity index (χ3v) is 3.63. The van der Waals surface area contributed by atoms with E-state index in [9.17, 15) is 0 Å². The Labute approximate surface area is 78.7 Å². The number of hydrogen-bond acceptors (Lipinski definition) is 3. The molecule has 1 heterocycles. The second kappa shape index (κ2) is 4.74. The summed E-state index contributed by atoms with van der Waals surface area (Å²) in [6.07, 6.45) is 0. The van der Waals surface area contributed by atoms with Gasteiger partial charge in [0.15, 0.2) is 0 Å². The SMILES string of the molecule is CC(C#N)CNC1CSCC1C. The lowest BCUT2D eigenvalue weighted by atomic mass is 10.1. The molecule has 0 aromatic rings. The first-order valence-corrected chi connectivity index (χ1v) is 5.60. The van der Waals surface area contributed by atoms with Crippen LogP contribution >= 0.6 is 11.8 Å². The molecule has 1 rings (SSSR count). The maximum atomic E-state index is 8.58. The van der Waals surface area contributed by atoms with E-state index < -0.39 is 0 Å². The van der Waals surface area contributed by atoms with Crippen LogP contribution in [0.2, 0.25) is 0 Å². The molecule has 0 saturated carbocycles. The lowest BCUT2D eigenvalue weighted by molar-refractivity contribution is 0.437. The molecule has 1 N–H and O–H groups in total. The third-order valence-electron chi connectivity index (χ3n) is 2.27. The average molecular weight is 184 g/mol. The Morgan fingerprint density at radius 3 is 2.92 bits per heavy atom. The van der Waals surface area contributed by atoms with Crippen LogP contribution < -0.4 is 5.32 Å². The predicted octanol–water partition coefficient (Wildman–Crippen LogP) is 1.49. The van der Waals surface area contributed by atoms with Gasteiger partial charge in [-0.1, -0.05) is 6.92 Å². The third kappa shape index (κ3) is 2.69. The molecule has 0 radical (unpaired) electrons. The van der Waals surface area contributed by atoms with E-state index in [0.717, 1.165) is 12.5 Å². The molecule has 68 valence electrons. The molecule has 1 aliphatic rings. The van der Waals surface area contributed by atoms with Crippen LogP contribution in [0.5, 0.6) is 0 Å². The maximum absolute atomic E-state index is 8.58. The van der Waals surface area contributed by atoms with Crippen LogP contribution in [0.4, 0.5) is 0 Å². The minimum atomic E-state index is 0.141. The topological polar surface area (TPSA) is 35.8 Å². The molecule has 0 aromatic heterocycles. The summed E-state index contributed by atoms with van der Waals surface area (Å²) in [5, 5.41) is 12.0. The number of nitrogens with one attached hydrogen (secondary N) is 1. The fourth-order valence-corrected chi connectivity index (χ4v) is 2.74. The molecular weight excluding hydrogens is 168 g/mol. The Hall–Kier alpha value is -0.200. The van der Waals surface area contributed by atoms with Crippen LogP contribution in [0.1, 0.15) is 13.8 Å². The van der Waals surface area contributed by atoms with Crippen LogP contribution in [-0.2, 0) is 0 Å². The van der Waals surface area contributed by atoms with Crippen LogP contribution in [0.15, 0.2) is 0 Å². The lowest BCUT2D eigenvalue weighted by Crippen LogP contribution is -2.36. The standard InChI is InChI=1S/C9H16N2S/c1-7(3-10)4-11-9-6-12-5-8(9)2/h7-9,11H,4-6H2,1-2H3. The average Bonchev–Trinajstić information content (AvgIpc) is 2.47. The van der Waals surface area contributed by atoms with Crippen molar-refractivity contribution in [1.29, 1.82) is 5.26 Å². The molecule has 1 fully saturated rings. The largest absolute Gasteiger partial charge is 0.312 e. The molecule has 12 heavy (non-hydrogen) atoms. The van der Waals surface area contributed by atoms with Gasteiger partial charge in [-0.2, -0.15) is 17.0 Å². The van der Waals surface area contributed by atoms with E-state index in [1.165, 1.54) is 11.5 Å². The van der Waals surface area contributed by atoms with Crippen molar-refractivity contribution < 1.29 is 0 Å². The lowest BCUT2D eigenvalue weighted by Gasteiger charge is -2.16. The molecular formula is C9H16N2S. The predicted molar refractivity (Wildman–Crippen MR) is 53.1 cm³/mol. The molecule has 0 bridgehead atoms. The highest BCUT2D eigenvalue weighted by Crippen LogP contribution is 2.23. The minimum Gasteiger partial charge on any atom is -0.312 e. The minimum absolute atomic E-state index is 0.141. The van der Waals surface area contributed by atoms with Crippen LogP contribution in [-0.4, -0.2) is 24.1 Å². The number of nitriles is 1. The van der Waals surface area contributed by atoms with Crippen molar-refractivity contribution in [2.75, 3.05) is 18.1 Å². The van der Waals surface area contributed by atoms with E-state index in [0.29, 0.717) is 6.04 Å². The summed E-state index contributed by atoms with van der Waals surface area (Å²) in [6, 6.07) is 2.86. The Bertz CT molecular complexity index is 176. The Balaban J connectivity index is 2.19. The normalized spacial score (nSPS) is 31.4. The highest BCUT2D eigenvalue weighted by atomic mass is 32.2. The van der Waals surface area contributed by atoms with Crippen LogP contribution in [0.25, 0.3) is 0 Å². The highest BCUT2D eigenvalue weighted by molar-refractivity contribution is 7.99. The van der Waals surface area contributed by atoms with E-state index in [2.05, 4.69) is 18.3 Å². The number of thioether (sulfide) groups is 1. The zero-order chi connectivity index (χ0) is 8.97. The summed E-state index contributed by atoms with van der Waals surface area (Å²) in [5.41, 5.74) is 0. The van der Waals surface area contributed by atoms with Crippen molar-refractivity contribution in [3.63, 3.8) is 0 Å². The molecule has 0 aliphatic carbocycles. The summed E-state index contributed by atoms with van der Waals surface area (Å²) < 4.78 is 0. The van der Waals surface area contributed by atoms with E-state index >= 15 is 0 Å². The van der Waals surface area contributed by atoms with Crippen LogP contribution in [0, 0.1) is 23.2 Å². The van der Waals surface area contributed by atoms with Gasteiger partial charge in [0.1, 0.15) is 0 Å². The first kappa shape index (κ1) is 9.88. The summed E-state index contributed by atoms with van der Waals surface area (Å²) in [7, 11) is 0. The molecule has 0 amide bonds. The summed E-state index contributed by atoms with van der Waals surface area (Å²) in [5.74, 6) is 3.38. The van der Waals surface area contributed by atoms with E-state index in [1.807, 2.05) is 18.7 Å². The van der Waals surface area contributed by atoms with Gasteiger partial charge in [0.2, 0.25) is 0 Å². The van der Waals surface area contributed by atoms with Gasteiger partial charge in [0, 0.05) is 18.3 Å². The molecule has 3 atom stereocenters. The summed E-state index contributed by atoms with van der Waals surface area (Å²) in [4.78, 5) is 0. The van der Waals surface area contributed by atoms with Gasteiger partial charge in [0.05, 0.1) is 12.0 Å². The molecule has 1 saturated heterocycles. The molecule has 0 spiro atoms. The smallest absolute Gasteiger partial charge is 0.0666 e. The molecule has 1 aliphatic heterocycles. The molecule has 2 nitrogen and oxygen atoms in total. The number of nitrogens with zero attached hydrogens (tertiary/aromatic N) is 1. The zero-order valence-electron chi connectivity index (χ0n) is 7.71. The van der Waals surface area contributed by atoms with Gasteiger partial charge in [-0.15, -0.1) is 0 Å². The van der Waals surface area contributed by atoms with Crippen molar-refractivity contribution >= 4 is 11.8 Å². The fourth-order valence-electron chi connectivity index (χ4n) is 1.30. The van der Waals surface area contributed by atoms with Crippen LogP contribution in [0.3, 0.4) is 0 Å². The summed E-state index contributed by atoms with van der Waals surface area (Å²) in [6.45, 7) is 5.07. The Kier molecular flexibility index (Phi) is 3.90. The first-order valence-electron chi connectivity index (χ1n) is 4.44. The molecule has 3 heteroatoms. The number of rotatable bonds is 3. The van der Waals surface area contributed by atoms with Gasteiger partial charge < -0.3 is 5.32 Å². The van der Waals surface area contributed by atoms with Crippen molar-refractivity contribution in [3.05, 3.63) is 0 Å². The highest BCUT2D eigenvalue weighted by Gasteiger charge is 2.23. The van der Waals surface area contributed by atoms with Gasteiger partial charge in [-0.3, -0.25) is 0 Å². The first-order chi connectivity index (χ1) is 5.74. The van der Waals surface area contributed by atoms with E-state index in [-0.39, 0.29) is 5.92 Å². The van der Waals surface area contributed by atoms with Gasteiger partial charge in [-0.05, 0) is 18.6 Å². The monoisotopic (exact) mass is 184 g/mol. The van der Waals surface area contributed by atoms with E-state index in [1.54, 1.807) is 0 Å². The van der Waals surface area contributed by atoms with Crippen molar-refractivity contribution in [1.82, 2.24) is 5.32 Å². The Morgan fingerprint density at radius 1 is 1.67 bits per heavy atom. The van der Waals surface area contributed by atoms with Gasteiger partial charge in [0.25, 0.3) is 0 Å². The Morgan fingerprint density at radius 2 is 2.42 bits per heavy atom.